The third-order valence-corrected chi connectivity index (χ3v) is 4.63. The molecule has 0 unspecified atom stereocenters. The first-order valence-electron chi connectivity index (χ1n) is 10.0. The molecule has 0 radical (unpaired) electrons. The highest BCUT2D eigenvalue weighted by atomic mass is 19.4. The fourth-order valence-corrected chi connectivity index (χ4v) is 2.94. The molecular formula is C22H28F3N3O4. The Morgan fingerprint density at radius 1 is 1.28 bits per heavy atom. The molecule has 0 aliphatic carbocycles. The van der Waals surface area contributed by atoms with E-state index in [1.807, 2.05) is 13.8 Å². The van der Waals surface area contributed by atoms with E-state index in [9.17, 15) is 18.0 Å². The number of nitrogens with zero attached hydrogens (tertiary/aromatic N) is 2. The average Bonchev–Trinajstić information content (AvgIpc) is 3.04. The van der Waals surface area contributed by atoms with Gasteiger partial charge in [-0.2, -0.15) is 13.2 Å². The molecule has 0 bridgehead atoms. The number of amides is 1. The minimum Gasteiger partial charge on any atom is -0.493 e. The lowest BCUT2D eigenvalue weighted by Crippen LogP contribution is -2.33. The van der Waals surface area contributed by atoms with Gasteiger partial charge in [-0.3, -0.25) is 9.69 Å². The fourth-order valence-electron chi connectivity index (χ4n) is 2.94. The van der Waals surface area contributed by atoms with Crippen molar-refractivity contribution in [3.8, 4) is 11.5 Å². The number of carbonyl (C=O) groups excluding carboxylic acids is 1. The largest absolute Gasteiger partial charge is 0.493 e. The molecule has 1 N–H and O–H groups in total. The fraction of sp³-hybridized carbons (Fsp3) is 0.455. The standard InChI is InChI=1S/C22H28F3N3O4/c1-15-18(16(2)32-27-15)13-31-19-8-6-17(12-20(19)30-4)7-9-21(29)26-10-5-11-28(3)14-22(23,24)25/h6-9,12H,5,10-11,13-14H2,1-4H3,(H,26,29)/b9-7+. The van der Waals surface area contributed by atoms with Crippen LogP contribution in [0.1, 0.15) is 29.0 Å². The van der Waals surface area contributed by atoms with Crippen LogP contribution in [0.2, 0.25) is 0 Å². The number of alkyl halides is 3. The topological polar surface area (TPSA) is 76.8 Å². The number of hydrogen-bond donors (Lipinski definition) is 1. The zero-order chi connectivity index (χ0) is 23.7. The van der Waals surface area contributed by atoms with Crippen LogP contribution in [0.25, 0.3) is 6.08 Å². The minimum atomic E-state index is -4.23. The van der Waals surface area contributed by atoms with Crippen LogP contribution >= 0.6 is 0 Å². The highest BCUT2D eigenvalue weighted by Gasteiger charge is 2.28. The van der Waals surface area contributed by atoms with Gasteiger partial charge in [-0.15, -0.1) is 0 Å². The van der Waals surface area contributed by atoms with Crippen molar-refractivity contribution in [3.05, 3.63) is 46.9 Å². The van der Waals surface area contributed by atoms with Crippen molar-refractivity contribution in [3.63, 3.8) is 0 Å². The van der Waals surface area contributed by atoms with E-state index < -0.39 is 12.7 Å². The van der Waals surface area contributed by atoms with E-state index in [0.717, 1.165) is 16.8 Å². The zero-order valence-electron chi connectivity index (χ0n) is 18.6. The summed E-state index contributed by atoms with van der Waals surface area (Å²) in [5.41, 5.74) is 2.36. The van der Waals surface area contributed by atoms with Gasteiger partial charge in [-0.25, -0.2) is 0 Å². The van der Waals surface area contributed by atoms with E-state index in [-0.39, 0.29) is 25.6 Å². The summed E-state index contributed by atoms with van der Waals surface area (Å²) in [5.74, 6) is 1.41. The summed E-state index contributed by atoms with van der Waals surface area (Å²) >= 11 is 0. The third kappa shape index (κ3) is 8.26. The molecule has 0 atom stereocenters. The molecule has 2 aromatic rings. The molecule has 0 saturated carbocycles. The summed E-state index contributed by atoms with van der Waals surface area (Å²) in [6.45, 7) is 3.48. The van der Waals surface area contributed by atoms with Crippen molar-refractivity contribution in [1.82, 2.24) is 15.4 Å². The molecule has 0 aliphatic heterocycles. The maximum absolute atomic E-state index is 12.3. The van der Waals surface area contributed by atoms with Gasteiger partial charge in [0.25, 0.3) is 0 Å². The van der Waals surface area contributed by atoms with E-state index in [2.05, 4.69) is 10.5 Å². The number of hydrogen-bond acceptors (Lipinski definition) is 6. The molecule has 2 rings (SSSR count). The quantitative estimate of drug-likeness (QED) is 0.409. The maximum Gasteiger partial charge on any atom is 0.401 e. The SMILES string of the molecule is COc1cc(/C=C/C(=O)NCCCN(C)CC(F)(F)F)ccc1OCc1c(C)noc1C. The molecule has 32 heavy (non-hydrogen) atoms. The summed E-state index contributed by atoms with van der Waals surface area (Å²) in [6, 6.07) is 5.25. The molecule has 10 heteroatoms. The Morgan fingerprint density at radius 3 is 2.66 bits per heavy atom. The Bertz CT molecular complexity index is 906. The number of carbonyl (C=O) groups is 1. The van der Waals surface area contributed by atoms with Gasteiger partial charge in [-0.1, -0.05) is 11.2 Å². The number of nitrogens with one attached hydrogen (secondary N) is 1. The number of aromatic nitrogens is 1. The second-order valence-electron chi connectivity index (χ2n) is 7.33. The van der Waals surface area contributed by atoms with E-state index in [1.54, 1.807) is 24.3 Å². The lowest BCUT2D eigenvalue weighted by atomic mass is 10.2. The van der Waals surface area contributed by atoms with E-state index in [1.165, 1.54) is 25.1 Å². The van der Waals surface area contributed by atoms with Crippen molar-refractivity contribution >= 4 is 12.0 Å². The van der Waals surface area contributed by atoms with Gasteiger partial charge < -0.3 is 19.3 Å². The van der Waals surface area contributed by atoms with Gasteiger partial charge >= 0.3 is 6.18 Å². The summed E-state index contributed by atoms with van der Waals surface area (Å²) in [6.07, 6.45) is -0.835. The van der Waals surface area contributed by atoms with Crippen molar-refractivity contribution in [2.24, 2.45) is 0 Å². The highest BCUT2D eigenvalue weighted by molar-refractivity contribution is 5.91. The van der Waals surface area contributed by atoms with E-state index in [4.69, 9.17) is 14.0 Å². The zero-order valence-corrected chi connectivity index (χ0v) is 18.6. The van der Waals surface area contributed by atoms with Gasteiger partial charge in [0.15, 0.2) is 11.5 Å². The Kier molecular flexibility index (Phi) is 9.13. The van der Waals surface area contributed by atoms with Gasteiger partial charge in [0.05, 0.1) is 24.9 Å². The van der Waals surface area contributed by atoms with Gasteiger partial charge in [0.1, 0.15) is 12.4 Å². The van der Waals surface area contributed by atoms with Crippen molar-refractivity contribution in [1.29, 1.82) is 0 Å². The van der Waals surface area contributed by atoms with Crippen molar-refractivity contribution < 1.29 is 32.0 Å². The summed E-state index contributed by atoms with van der Waals surface area (Å²) < 4.78 is 53.2. The second kappa shape index (κ2) is 11.6. The number of halogens is 3. The number of ether oxygens (including phenoxy) is 2. The molecule has 176 valence electrons. The molecule has 1 heterocycles. The molecule has 0 fully saturated rings. The Hall–Kier alpha value is -3.01. The molecule has 0 spiro atoms. The molecule has 7 nitrogen and oxygen atoms in total. The number of aryl methyl sites for hydroxylation is 2. The normalized spacial score (nSPS) is 11.9. The second-order valence-corrected chi connectivity index (χ2v) is 7.33. The first-order chi connectivity index (χ1) is 15.1. The molecule has 1 aromatic heterocycles. The highest BCUT2D eigenvalue weighted by Crippen LogP contribution is 2.30. The number of benzene rings is 1. The predicted octanol–water partition coefficient (Wildman–Crippen LogP) is 3.89. The summed E-state index contributed by atoms with van der Waals surface area (Å²) in [5, 5.41) is 6.55. The minimum absolute atomic E-state index is 0.232. The number of methoxy groups -OCH3 is 1. The van der Waals surface area contributed by atoms with Gasteiger partial charge in [0.2, 0.25) is 5.91 Å². The molecule has 1 aromatic carbocycles. The van der Waals surface area contributed by atoms with Gasteiger partial charge in [0, 0.05) is 12.6 Å². The Morgan fingerprint density at radius 2 is 2.03 bits per heavy atom. The average molecular weight is 455 g/mol. The van der Waals surface area contributed by atoms with Crippen LogP contribution in [-0.2, 0) is 11.4 Å². The van der Waals surface area contributed by atoms with Crippen LogP contribution in [0.4, 0.5) is 13.2 Å². The monoisotopic (exact) mass is 455 g/mol. The first-order valence-corrected chi connectivity index (χ1v) is 10.0. The summed E-state index contributed by atoms with van der Waals surface area (Å²) in [7, 11) is 2.92. The smallest absolute Gasteiger partial charge is 0.401 e. The van der Waals surface area contributed by atoms with Gasteiger partial charge in [-0.05, 0) is 57.6 Å². The van der Waals surface area contributed by atoms with E-state index >= 15 is 0 Å². The summed E-state index contributed by atoms with van der Waals surface area (Å²) in [4.78, 5) is 13.1. The molecule has 0 saturated heterocycles. The third-order valence-electron chi connectivity index (χ3n) is 4.63. The number of rotatable bonds is 11. The van der Waals surface area contributed by atoms with Crippen LogP contribution in [0, 0.1) is 13.8 Å². The lowest BCUT2D eigenvalue weighted by molar-refractivity contribution is -0.143. The molecule has 0 aliphatic rings. The Labute approximate surface area is 185 Å². The van der Waals surface area contributed by atoms with Crippen LogP contribution < -0.4 is 14.8 Å². The molecular weight excluding hydrogens is 427 g/mol. The first kappa shape index (κ1) is 25.3. The molecule has 1 amide bonds. The van der Waals surface area contributed by atoms with Crippen molar-refractivity contribution in [2.75, 3.05) is 33.8 Å². The van der Waals surface area contributed by atoms with Crippen LogP contribution in [0.3, 0.4) is 0 Å². The van der Waals surface area contributed by atoms with Crippen LogP contribution in [-0.4, -0.2) is 55.9 Å². The van der Waals surface area contributed by atoms with Crippen molar-refractivity contribution in [2.45, 2.75) is 33.1 Å². The predicted molar refractivity (Wildman–Crippen MR) is 114 cm³/mol. The van der Waals surface area contributed by atoms with Crippen LogP contribution in [0.5, 0.6) is 11.5 Å². The lowest BCUT2D eigenvalue weighted by Gasteiger charge is -2.18. The van der Waals surface area contributed by atoms with E-state index in [0.29, 0.717) is 23.7 Å². The Balaban J connectivity index is 1.83. The van der Waals surface area contributed by atoms with Crippen LogP contribution in [0.15, 0.2) is 28.8 Å². The maximum atomic E-state index is 12.3.